The number of carbonyl (C=O) groups is 1. The van der Waals surface area contributed by atoms with E-state index in [1.165, 1.54) is 0 Å². The number of carbonyl (C=O) groups excluding carboxylic acids is 1. The zero-order chi connectivity index (χ0) is 14.1. The molecule has 6 nitrogen and oxygen atoms in total. The summed E-state index contributed by atoms with van der Waals surface area (Å²) in [6.45, 7) is 1.90. The molecule has 3 N–H and O–H groups in total. The molecule has 2 heterocycles. The van der Waals surface area contributed by atoms with Crippen molar-refractivity contribution < 1.29 is 19.4 Å². The quantitative estimate of drug-likeness (QED) is 0.727. The third-order valence-electron chi connectivity index (χ3n) is 3.52. The molecule has 1 aromatic rings. The van der Waals surface area contributed by atoms with Crippen LogP contribution in [0.3, 0.4) is 0 Å². The van der Waals surface area contributed by atoms with Crippen molar-refractivity contribution in [2.24, 2.45) is 5.92 Å². The van der Waals surface area contributed by atoms with Crippen LogP contribution in [-0.4, -0.2) is 43.5 Å². The summed E-state index contributed by atoms with van der Waals surface area (Å²) in [5, 5.41) is 15.6. The molecule has 1 aromatic carbocycles. The topological polar surface area (TPSA) is 79.8 Å². The van der Waals surface area contributed by atoms with Gasteiger partial charge in [0.15, 0.2) is 11.5 Å². The predicted molar refractivity (Wildman–Crippen MR) is 82.2 cm³/mol. The average molecular weight is 380 g/mol. The third-order valence-corrected chi connectivity index (χ3v) is 4.11. The van der Waals surface area contributed by atoms with Gasteiger partial charge in [0.2, 0.25) is 6.79 Å². The number of nitrogens with one attached hydrogen (secondary N) is 2. The summed E-state index contributed by atoms with van der Waals surface area (Å²) in [6.07, 6.45) is -0.404. The second-order valence-electron chi connectivity index (χ2n) is 4.89. The predicted octanol–water partition coefficient (Wildman–Crippen LogP) is 0.910. The standard InChI is InChI=1S/C13H15BrN2O4.ClH/c14-9-1-7(2-11-12(9)20-6-19-11)13(18)16-4-8-3-15-5-10(8)17;/h1-2,8,10,15,17H,3-6H2,(H,16,18);1H. The van der Waals surface area contributed by atoms with Crippen molar-refractivity contribution >= 4 is 34.2 Å². The monoisotopic (exact) mass is 378 g/mol. The van der Waals surface area contributed by atoms with Crippen molar-refractivity contribution in [1.29, 1.82) is 0 Å². The van der Waals surface area contributed by atoms with Crippen LogP contribution in [0.25, 0.3) is 0 Å². The van der Waals surface area contributed by atoms with Crippen molar-refractivity contribution in [2.45, 2.75) is 6.10 Å². The van der Waals surface area contributed by atoms with Gasteiger partial charge in [-0.2, -0.15) is 0 Å². The first-order valence-corrected chi connectivity index (χ1v) is 7.20. The Labute approximate surface area is 136 Å². The SMILES string of the molecule is Cl.O=C(NCC1CNCC1O)c1cc(Br)c2c(c1)OCO2. The zero-order valence-corrected chi connectivity index (χ0v) is 13.5. The second-order valence-corrected chi connectivity index (χ2v) is 5.74. The molecular formula is C13H16BrClN2O4. The van der Waals surface area contributed by atoms with E-state index in [1.54, 1.807) is 12.1 Å². The first-order chi connectivity index (χ1) is 9.65. The van der Waals surface area contributed by atoms with Crippen molar-refractivity contribution in [3.8, 4) is 11.5 Å². The zero-order valence-electron chi connectivity index (χ0n) is 11.1. The molecule has 0 radical (unpaired) electrons. The molecule has 1 fully saturated rings. The van der Waals surface area contributed by atoms with Gasteiger partial charge in [-0.15, -0.1) is 12.4 Å². The van der Waals surface area contributed by atoms with Crippen molar-refractivity contribution in [3.63, 3.8) is 0 Å². The smallest absolute Gasteiger partial charge is 0.251 e. The van der Waals surface area contributed by atoms with E-state index < -0.39 is 6.10 Å². The summed E-state index contributed by atoms with van der Waals surface area (Å²) in [5.41, 5.74) is 0.501. The van der Waals surface area contributed by atoms with Gasteiger partial charge in [-0.1, -0.05) is 0 Å². The third kappa shape index (κ3) is 3.42. The van der Waals surface area contributed by atoms with Crippen molar-refractivity contribution in [3.05, 3.63) is 22.2 Å². The lowest BCUT2D eigenvalue weighted by Crippen LogP contribution is -2.34. The molecule has 1 amide bonds. The highest BCUT2D eigenvalue weighted by molar-refractivity contribution is 9.10. The molecule has 1 saturated heterocycles. The van der Waals surface area contributed by atoms with Crippen LogP contribution in [0.5, 0.6) is 11.5 Å². The Hall–Kier alpha value is -1.02. The molecule has 3 rings (SSSR count). The Morgan fingerprint density at radius 3 is 2.95 bits per heavy atom. The van der Waals surface area contributed by atoms with Crippen LogP contribution in [0, 0.1) is 5.92 Å². The van der Waals surface area contributed by atoms with Crippen molar-refractivity contribution in [1.82, 2.24) is 10.6 Å². The molecule has 0 spiro atoms. The van der Waals surface area contributed by atoms with Gasteiger partial charge in [0, 0.05) is 31.1 Å². The lowest BCUT2D eigenvalue weighted by molar-refractivity contribution is 0.0926. The fourth-order valence-corrected chi connectivity index (χ4v) is 2.91. The fourth-order valence-electron chi connectivity index (χ4n) is 2.35. The van der Waals surface area contributed by atoms with E-state index in [1.807, 2.05) is 0 Å². The van der Waals surface area contributed by atoms with Crippen LogP contribution in [0.15, 0.2) is 16.6 Å². The number of benzene rings is 1. The number of β-amino-alcohol motifs (C(OH)–C–C–N with tert-alkyl or cyclic N) is 1. The minimum atomic E-state index is -0.404. The maximum atomic E-state index is 12.1. The number of ether oxygens (including phenoxy) is 2. The largest absolute Gasteiger partial charge is 0.454 e. The van der Waals surface area contributed by atoms with E-state index in [9.17, 15) is 9.90 Å². The molecule has 0 bridgehead atoms. The molecule has 8 heteroatoms. The van der Waals surface area contributed by atoms with Gasteiger partial charge in [0.1, 0.15) is 0 Å². The summed E-state index contributed by atoms with van der Waals surface area (Å²) in [4.78, 5) is 12.1. The van der Waals surface area contributed by atoms with Crippen LogP contribution >= 0.6 is 28.3 Å². The highest BCUT2D eigenvalue weighted by Gasteiger charge is 2.26. The molecule has 2 aliphatic rings. The van der Waals surface area contributed by atoms with Crippen molar-refractivity contribution in [2.75, 3.05) is 26.4 Å². The summed E-state index contributed by atoms with van der Waals surface area (Å²) >= 11 is 3.36. The van der Waals surface area contributed by atoms with E-state index in [2.05, 4.69) is 26.6 Å². The Morgan fingerprint density at radius 2 is 2.24 bits per heavy atom. The van der Waals surface area contributed by atoms with Gasteiger partial charge in [-0.25, -0.2) is 0 Å². The molecule has 116 valence electrons. The van der Waals surface area contributed by atoms with Gasteiger partial charge in [-0.05, 0) is 28.1 Å². The maximum absolute atomic E-state index is 12.1. The van der Waals surface area contributed by atoms with Gasteiger partial charge >= 0.3 is 0 Å². The second kappa shape index (κ2) is 6.83. The average Bonchev–Trinajstić information content (AvgIpc) is 3.05. The normalized spacial score (nSPS) is 22.8. The number of halogens is 2. The molecule has 0 aromatic heterocycles. The first kappa shape index (κ1) is 16.4. The molecule has 21 heavy (non-hydrogen) atoms. The number of hydrogen-bond acceptors (Lipinski definition) is 5. The highest BCUT2D eigenvalue weighted by atomic mass is 79.9. The molecule has 0 saturated carbocycles. The molecular weight excluding hydrogens is 364 g/mol. The van der Waals surface area contributed by atoms with Gasteiger partial charge < -0.3 is 25.2 Å². The van der Waals surface area contributed by atoms with Gasteiger partial charge in [-0.3, -0.25) is 4.79 Å². The molecule has 2 atom stereocenters. The maximum Gasteiger partial charge on any atom is 0.251 e. The van der Waals surface area contributed by atoms with Crippen LogP contribution in [-0.2, 0) is 0 Å². The number of aliphatic hydroxyl groups is 1. The Kier molecular flexibility index (Phi) is 5.32. The lowest BCUT2D eigenvalue weighted by Gasteiger charge is -2.14. The van der Waals surface area contributed by atoms with Crippen LogP contribution in [0.4, 0.5) is 0 Å². The Balaban J connectivity index is 0.00000161. The van der Waals surface area contributed by atoms with Crippen LogP contribution < -0.4 is 20.1 Å². The minimum absolute atomic E-state index is 0. The molecule has 2 aliphatic heterocycles. The number of amides is 1. The summed E-state index contributed by atoms with van der Waals surface area (Å²) in [7, 11) is 0. The van der Waals surface area contributed by atoms with E-state index in [-0.39, 0.29) is 31.0 Å². The molecule has 2 unspecified atom stereocenters. The number of fused-ring (bicyclic) bond motifs is 1. The van der Waals surface area contributed by atoms with E-state index >= 15 is 0 Å². The summed E-state index contributed by atoms with van der Waals surface area (Å²) < 4.78 is 11.3. The van der Waals surface area contributed by atoms with Crippen LogP contribution in [0.1, 0.15) is 10.4 Å². The number of hydrogen-bond donors (Lipinski definition) is 3. The van der Waals surface area contributed by atoms with E-state index in [0.717, 1.165) is 0 Å². The summed E-state index contributed by atoms with van der Waals surface area (Å²) in [6, 6.07) is 3.36. The van der Waals surface area contributed by atoms with Gasteiger partial charge in [0.25, 0.3) is 5.91 Å². The number of aliphatic hydroxyl groups excluding tert-OH is 1. The van der Waals surface area contributed by atoms with Gasteiger partial charge in [0.05, 0.1) is 10.6 Å². The fraction of sp³-hybridized carbons (Fsp3) is 0.462. The van der Waals surface area contributed by atoms with E-state index in [0.29, 0.717) is 41.2 Å². The first-order valence-electron chi connectivity index (χ1n) is 6.41. The summed E-state index contributed by atoms with van der Waals surface area (Å²) in [5.74, 6) is 1.04. The van der Waals surface area contributed by atoms with E-state index in [4.69, 9.17) is 9.47 Å². The number of rotatable bonds is 3. The Bertz CT molecular complexity index is 543. The highest BCUT2D eigenvalue weighted by Crippen LogP contribution is 2.39. The minimum Gasteiger partial charge on any atom is -0.454 e. The Morgan fingerprint density at radius 1 is 1.43 bits per heavy atom. The lowest BCUT2D eigenvalue weighted by atomic mass is 10.1. The van der Waals surface area contributed by atoms with Crippen LogP contribution in [0.2, 0.25) is 0 Å². The molecule has 0 aliphatic carbocycles.